The number of thiol groups is 1. The van der Waals surface area contributed by atoms with Crippen molar-refractivity contribution < 1.29 is 4.79 Å². The highest BCUT2D eigenvalue weighted by atomic mass is 32.1. The maximum absolute atomic E-state index is 11.3. The van der Waals surface area contributed by atoms with Crippen molar-refractivity contribution in [3.8, 4) is 11.8 Å². The molecule has 0 heterocycles. The van der Waals surface area contributed by atoms with Crippen molar-refractivity contribution in [3.63, 3.8) is 0 Å². The lowest BCUT2D eigenvalue weighted by Crippen LogP contribution is -1.95. The summed E-state index contributed by atoms with van der Waals surface area (Å²) < 4.78 is 0. The summed E-state index contributed by atoms with van der Waals surface area (Å²) in [6.45, 7) is 1.86. The van der Waals surface area contributed by atoms with Gasteiger partial charge in [0.05, 0.1) is 0 Å². The lowest BCUT2D eigenvalue weighted by molar-refractivity contribution is 0.0988. The largest absolute Gasteiger partial charge is 0.294 e. The third-order valence-electron chi connectivity index (χ3n) is 2.00. The molecule has 0 N–H and O–H groups in total. The van der Waals surface area contributed by atoms with Gasteiger partial charge in [0.15, 0.2) is 5.78 Å². The predicted octanol–water partition coefficient (Wildman–Crippen LogP) is 2.95. The number of benzene rings is 1. The van der Waals surface area contributed by atoms with Gasteiger partial charge < -0.3 is 0 Å². The quantitative estimate of drug-likeness (QED) is 0.469. The average molecular weight is 218 g/mol. The molecule has 0 aromatic heterocycles. The zero-order valence-electron chi connectivity index (χ0n) is 8.79. The van der Waals surface area contributed by atoms with Gasteiger partial charge in [-0.1, -0.05) is 30.9 Å². The third kappa shape index (κ3) is 3.81. The number of hydrogen-bond donors (Lipinski definition) is 1. The highest BCUT2D eigenvalue weighted by molar-refractivity contribution is 7.80. The highest BCUT2D eigenvalue weighted by Gasteiger charge is 2.00. The van der Waals surface area contributed by atoms with Crippen LogP contribution in [0.2, 0.25) is 0 Å². The van der Waals surface area contributed by atoms with Gasteiger partial charge in [0.25, 0.3) is 0 Å². The lowest BCUT2D eigenvalue weighted by atomic mass is 10.1. The Balaban J connectivity index is 2.73. The van der Waals surface area contributed by atoms with Crippen molar-refractivity contribution >= 4 is 18.4 Å². The Morgan fingerprint density at radius 3 is 2.53 bits per heavy atom. The maximum Gasteiger partial charge on any atom is 0.162 e. The van der Waals surface area contributed by atoms with Crippen LogP contribution in [-0.2, 0) is 0 Å². The van der Waals surface area contributed by atoms with E-state index < -0.39 is 0 Å². The Bertz CT molecular complexity index is 381. The topological polar surface area (TPSA) is 17.1 Å². The fourth-order valence-electron chi connectivity index (χ4n) is 1.16. The van der Waals surface area contributed by atoms with Gasteiger partial charge in [-0.3, -0.25) is 4.79 Å². The van der Waals surface area contributed by atoms with E-state index in [0.717, 1.165) is 23.3 Å². The summed E-state index contributed by atoms with van der Waals surface area (Å²) in [5.74, 6) is 6.97. The minimum atomic E-state index is 0.171. The average Bonchev–Trinajstić information content (AvgIpc) is 2.29. The van der Waals surface area contributed by atoms with Gasteiger partial charge in [0.2, 0.25) is 0 Å². The van der Waals surface area contributed by atoms with Crippen LogP contribution in [0.4, 0.5) is 0 Å². The smallest absolute Gasteiger partial charge is 0.162 e. The summed E-state index contributed by atoms with van der Waals surface area (Å²) in [4.78, 5) is 11.3. The first-order valence-corrected chi connectivity index (χ1v) is 5.64. The zero-order chi connectivity index (χ0) is 11.1. The van der Waals surface area contributed by atoms with Crippen LogP contribution in [0.25, 0.3) is 0 Å². The van der Waals surface area contributed by atoms with Gasteiger partial charge in [-0.05, 0) is 12.1 Å². The minimum absolute atomic E-state index is 0.171. The van der Waals surface area contributed by atoms with Gasteiger partial charge in [-0.25, -0.2) is 0 Å². The molecule has 1 nitrogen and oxygen atoms in total. The first kappa shape index (κ1) is 11.9. The minimum Gasteiger partial charge on any atom is -0.294 e. The predicted molar refractivity (Wildman–Crippen MR) is 66.4 cm³/mol. The monoisotopic (exact) mass is 218 g/mol. The number of ketones is 1. The van der Waals surface area contributed by atoms with E-state index in [-0.39, 0.29) is 5.78 Å². The van der Waals surface area contributed by atoms with Crippen LogP contribution in [0.3, 0.4) is 0 Å². The molecule has 0 unspecified atom stereocenters. The Morgan fingerprint density at radius 2 is 2.00 bits per heavy atom. The van der Waals surface area contributed by atoms with E-state index in [1.807, 2.05) is 31.2 Å². The van der Waals surface area contributed by atoms with Gasteiger partial charge in [-0.15, -0.1) is 0 Å². The number of Topliss-reactive ketones (excluding diaryl/α,β-unsaturated/α-hetero) is 1. The van der Waals surface area contributed by atoms with E-state index in [9.17, 15) is 4.79 Å². The van der Waals surface area contributed by atoms with Crippen LogP contribution in [0.1, 0.15) is 35.7 Å². The van der Waals surface area contributed by atoms with Gasteiger partial charge >= 0.3 is 0 Å². The molecular formula is C13H14OS. The maximum atomic E-state index is 11.3. The molecule has 0 fully saturated rings. The third-order valence-corrected chi connectivity index (χ3v) is 2.22. The molecule has 0 aliphatic heterocycles. The Kier molecular flexibility index (Phi) is 5.00. The second-order valence-electron chi connectivity index (χ2n) is 3.13. The van der Waals surface area contributed by atoms with Crippen molar-refractivity contribution in [2.24, 2.45) is 0 Å². The van der Waals surface area contributed by atoms with Crippen molar-refractivity contribution in [2.45, 2.75) is 19.8 Å². The molecule has 0 saturated heterocycles. The lowest BCUT2D eigenvalue weighted by Gasteiger charge is -1.96. The summed E-state index contributed by atoms with van der Waals surface area (Å²) in [7, 11) is 0. The summed E-state index contributed by atoms with van der Waals surface area (Å²) in [6.07, 6.45) is 1.34. The fraction of sp³-hybridized carbons (Fsp3) is 0.308. The van der Waals surface area contributed by atoms with Crippen LogP contribution in [0.15, 0.2) is 24.3 Å². The first-order valence-electron chi connectivity index (χ1n) is 5.01. The molecule has 0 amide bonds. The van der Waals surface area contributed by atoms with Crippen LogP contribution >= 0.6 is 12.6 Å². The second-order valence-corrected chi connectivity index (χ2v) is 3.58. The van der Waals surface area contributed by atoms with Crippen molar-refractivity contribution in [1.29, 1.82) is 0 Å². The first-order chi connectivity index (χ1) is 7.27. The van der Waals surface area contributed by atoms with Crippen molar-refractivity contribution in [1.82, 2.24) is 0 Å². The Labute approximate surface area is 96.3 Å². The molecule has 1 rings (SSSR count). The summed E-state index contributed by atoms with van der Waals surface area (Å²) in [6, 6.07) is 7.43. The SMILES string of the molecule is CCC(=O)c1ccc(C#CCCS)cc1. The normalized spacial score (nSPS) is 9.20. The van der Waals surface area contributed by atoms with Gasteiger partial charge in [0, 0.05) is 29.7 Å². The molecule has 78 valence electrons. The number of carbonyl (C=O) groups excluding carboxylic acids is 1. The summed E-state index contributed by atoms with van der Waals surface area (Å²) in [5, 5.41) is 0. The van der Waals surface area contributed by atoms with E-state index in [1.54, 1.807) is 0 Å². The molecule has 0 radical (unpaired) electrons. The molecule has 0 atom stereocenters. The van der Waals surface area contributed by atoms with Gasteiger partial charge in [-0.2, -0.15) is 12.6 Å². The molecule has 1 aromatic rings. The van der Waals surface area contributed by atoms with Crippen LogP contribution in [0, 0.1) is 11.8 Å². The number of hydrogen-bond acceptors (Lipinski definition) is 2. The molecule has 0 spiro atoms. The molecule has 0 saturated carbocycles. The van der Waals surface area contributed by atoms with Crippen molar-refractivity contribution in [2.75, 3.05) is 5.75 Å². The van der Waals surface area contributed by atoms with E-state index in [1.165, 1.54) is 0 Å². The number of rotatable bonds is 3. The molecule has 1 aromatic carbocycles. The van der Waals surface area contributed by atoms with Gasteiger partial charge in [0.1, 0.15) is 0 Å². The van der Waals surface area contributed by atoms with Crippen molar-refractivity contribution in [3.05, 3.63) is 35.4 Å². The molecule has 0 bridgehead atoms. The molecule has 15 heavy (non-hydrogen) atoms. The Morgan fingerprint density at radius 1 is 1.33 bits per heavy atom. The summed E-state index contributed by atoms with van der Waals surface area (Å²) >= 11 is 4.08. The number of carbonyl (C=O) groups is 1. The van der Waals surface area contributed by atoms with E-state index >= 15 is 0 Å². The van der Waals surface area contributed by atoms with E-state index in [4.69, 9.17) is 0 Å². The van der Waals surface area contributed by atoms with Crippen LogP contribution in [0.5, 0.6) is 0 Å². The fourth-order valence-corrected chi connectivity index (χ4v) is 1.28. The Hall–Kier alpha value is -1.20. The molecule has 0 aliphatic carbocycles. The van der Waals surface area contributed by atoms with E-state index in [0.29, 0.717) is 6.42 Å². The highest BCUT2D eigenvalue weighted by Crippen LogP contribution is 2.05. The van der Waals surface area contributed by atoms with E-state index in [2.05, 4.69) is 24.5 Å². The second kappa shape index (κ2) is 6.31. The summed E-state index contributed by atoms with van der Waals surface area (Å²) in [5.41, 5.74) is 1.71. The molecular weight excluding hydrogens is 204 g/mol. The molecule has 2 heteroatoms. The zero-order valence-corrected chi connectivity index (χ0v) is 9.68. The van der Waals surface area contributed by atoms with Crippen LogP contribution in [-0.4, -0.2) is 11.5 Å². The molecule has 0 aliphatic rings. The van der Waals surface area contributed by atoms with Crippen LogP contribution < -0.4 is 0 Å². The standard InChI is InChI=1S/C13H14OS/c1-2-13(14)12-8-6-11(7-9-12)5-3-4-10-15/h6-9,15H,2,4,10H2,1H3.